The first-order valence-electron chi connectivity index (χ1n) is 5.41. The highest BCUT2D eigenvalue weighted by atomic mass is 16.4. The third kappa shape index (κ3) is 2.07. The van der Waals surface area contributed by atoms with E-state index in [1.807, 2.05) is 0 Å². The molecule has 0 radical (unpaired) electrons. The molecule has 2 rings (SSSR count). The number of carbonyl (C=O) groups is 1. The largest absolute Gasteiger partial charge is 0.480 e. The van der Waals surface area contributed by atoms with Gasteiger partial charge >= 0.3 is 5.97 Å². The molecule has 0 bridgehead atoms. The Bertz CT molecular complexity index is 220. The van der Waals surface area contributed by atoms with Gasteiger partial charge in [0.2, 0.25) is 0 Å². The number of nitrogens with zero attached hydrogens (tertiary/aromatic N) is 1. The minimum absolute atomic E-state index is 0.234. The SMILES string of the molecule is NC1CCN(C(C(=O)O)C2CC2)CC1. The fraction of sp³-hybridized carbons (Fsp3) is 0.900. The van der Waals surface area contributed by atoms with Crippen LogP contribution in [0.15, 0.2) is 0 Å². The molecule has 1 saturated carbocycles. The van der Waals surface area contributed by atoms with Crippen LogP contribution >= 0.6 is 0 Å². The van der Waals surface area contributed by atoms with Crippen molar-refractivity contribution in [3.8, 4) is 0 Å². The lowest BCUT2D eigenvalue weighted by Gasteiger charge is -2.34. The van der Waals surface area contributed by atoms with Crippen LogP contribution in [0.3, 0.4) is 0 Å². The van der Waals surface area contributed by atoms with Crippen molar-refractivity contribution in [1.29, 1.82) is 0 Å². The van der Waals surface area contributed by atoms with E-state index in [0.717, 1.165) is 38.8 Å². The maximum atomic E-state index is 11.1. The fourth-order valence-electron chi connectivity index (χ4n) is 2.27. The molecule has 0 aromatic carbocycles. The standard InChI is InChI=1S/C10H18N2O2/c11-8-3-5-12(6-4-8)9(10(13)14)7-1-2-7/h7-9H,1-6,11H2,(H,13,14). The van der Waals surface area contributed by atoms with E-state index in [4.69, 9.17) is 10.8 Å². The molecule has 4 nitrogen and oxygen atoms in total. The van der Waals surface area contributed by atoms with Crippen molar-refractivity contribution in [1.82, 2.24) is 4.90 Å². The molecule has 0 amide bonds. The summed E-state index contributed by atoms with van der Waals surface area (Å²) in [6.45, 7) is 1.71. The van der Waals surface area contributed by atoms with Gasteiger partial charge in [-0.05, 0) is 31.6 Å². The summed E-state index contributed by atoms with van der Waals surface area (Å²) in [4.78, 5) is 13.2. The molecule has 1 atom stereocenters. The lowest BCUT2D eigenvalue weighted by atomic mass is 10.0. The number of rotatable bonds is 3. The number of piperidine rings is 1. The average molecular weight is 198 g/mol. The van der Waals surface area contributed by atoms with Crippen LogP contribution in [-0.4, -0.2) is 41.1 Å². The van der Waals surface area contributed by atoms with Crippen molar-refractivity contribution < 1.29 is 9.90 Å². The maximum absolute atomic E-state index is 11.1. The molecule has 0 spiro atoms. The lowest BCUT2D eigenvalue weighted by molar-refractivity contribution is -0.144. The summed E-state index contributed by atoms with van der Waals surface area (Å²) in [5.74, 6) is -0.246. The summed E-state index contributed by atoms with van der Waals surface area (Å²) in [6, 6.07) is 0.0439. The molecule has 1 aliphatic heterocycles. The number of hydrogen-bond acceptors (Lipinski definition) is 3. The first-order valence-corrected chi connectivity index (χ1v) is 5.41. The molecule has 1 aliphatic carbocycles. The normalized spacial score (nSPS) is 27.5. The van der Waals surface area contributed by atoms with Gasteiger partial charge in [-0.3, -0.25) is 9.69 Å². The Morgan fingerprint density at radius 2 is 1.86 bits per heavy atom. The molecule has 14 heavy (non-hydrogen) atoms. The number of carboxylic acids is 1. The molecule has 0 aromatic heterocycles. The summed E-state index contributed by atoms with van der Waals surface area (Å²) in [5.41, 5.74) is 5.79. The molecular weight excluding hydrogens is 180 g/mol. The number of likely N-dealkylation sites (tertiary alicyclic amines) is 1. The Kier molecular flexibility index (Phi) is 2.74. The smallest absolute Gasteiger partial charge is 0.321 e. The Labute approximate surface area is 84.1 Å². The minimum Gasteiger partial charge on any atom is -0.480 e. The van der Waals surface area contributed by atoms with E-state index in [0.29, 0.717) is 5.92 Å². The first-order chi connectivity index (χ1) is 6.68. The second-order valence-corrected chi connectivity index (χ2v) is 4.49. The Morgan fingerprint density at radius 3 is 2.29 bits per heavy atom. The van der Waals surface area contributed by atoms with Gasteiger partial charge < -0.3 is 10.8 Å². The number of carboxylic acid groups (broad SMARTS) is 1. The Morgan fingerprint density at radius 1 is 1.29 bits per heavy atom. The average Bonchev–Trinajstić information content (AvgIpc) is 2.92. The third-order valence-corrected chi connectivity index (χ3v) is 3.29. The molecule has 1 heterocycles. The van der Waals surface area contributed by atoms with Gasteiger partial charge in [0.05, 0.1) is 0 Å². The predicted molar refractivity (Wildman–Crippen MR) is 52.9 cm³/mol. The molecule has 2 fully saturated rings. The van der Waals surface area contributed by atoms with E-state index in [9.17, 15) is 4.79 Å². The molecule has 4 heteroatoms. The van der Waals surface area contributed by atoms with Crippen molar-refractivity contribution in [3.05, 3.63) is 0 Å². The first kappa shape index (κ1) is 9.93. The highest BCUT2D eigenvalue weighted by Crippen LogP contribution is 2.36. The van der Waals surface area contributed by atoms with Crippen LogP contribution in [-0.2, 0) is 4.79 Å². The van der Waals surface area contributed by atoms with Crippen LogP contribution in [0, 0.1) is 5.92 Å². The Hall–Kier alpha value is -0.610. The lowest BCUT2D eigenvalue weighted by Crippen LogP contribution is -2.49. The summed E-state index contributed by atoms with van der Waals surface area (Å²) in [5, 5.41) is 9.13. The summed E-state index contributed by atoms with van der Waals surface area (Å²) >= 11 is 0. The van der Waals surface area contributed by atoms with E-state index < -0.39 is 5.97 Å². The zero-order chi connectivity index (χ0) is 10.1. The van der Waals surface area contributed by atoms with Gasteiger partial charge in [-0.2, -0.15) is 0 Å². The molecule has 2 aliphatic rings. The van der Waals surface area contributed by atoms with Gasteiger partial charge in [0.25, 0.3) is 0 Å². The van der Waals surface area contributed by atoms with Crippen molar-refractivity contribution in [2.45, 2.75) is 37.8 Å². The van der Waals surface area contributed by atoms with Crippen molar-refractivity contribution >= 4 is 5.97 Å². The van der Waals surface area contributed by atoms with Crippen molar-refractivity contribution in [3.63, 3.8) is 0 Å². The zero-order valence-electron chi connectivity index (χ0n) is 8.35. The number of aliphatic carboxylic acids is 1. The summed E-state index contributed by atoms with van der Waals surface area (Å²) in [7, 11) is 0. The zero-order valence-corrected chi connectivity index (χ0v) is 8.35. The van der Waals surface area contributed by atoms with Gasteiger partial charge in [-0.25, -0.2) is 0 Å². The minimum atomic E-state index is -0.650. The molecule has 80 valence electrons. The highest BCUT2D eigenvalue weighted by Gasteiger charge is 2.40. The van der Waals surface area contributed by atoms with Crippen molar-refractivity contribution in [2.24, 2.45) is 11.7 Å². The predicted octanol–water partition coefficient (Wildman–Crippen LogP) is 0.273. The van der Waals surface area contributed by atoms with Crippen LogP contribution in [0.2, 0.25) is 0 Å². The van der Waals surface area contributed by atoms with Gasteiger partial charge in [0, 0.05) is 19.1 Å². The number of nitrogens with two attached hydrogens (primary N) is 1. The topological polar surface area (TPSA) is 66.6 Å². The second-order valence-electron chi connectivity index (χ2n) is 4.49. The van der Waals surface area contributed by atoms with Gasteiger partial charge in [-0.15, -0.1) is 0 Å². The maximum Gasteiger partial charge on any atom is 0.321 e. The van der Waals surface area contributed by atoms with Crippen LogP contribution in [0.5, 0.6) is 0 Å². The van der Waals surface area contributed by atoms with E-state index in [1.165, 1.54) is 0 Å². The molecule has 1 saturated heterocycles. The van der Waals surface area contributed by atoms with Gasteiger partial charge in [0.1, 0.15) is 6.04 Å². The van der Waals surface area contributed by atoms with Gasteiger partial charge in [-0.1, -0.05) is 0 Å². The molecular formula is C10H18N2O2. The van der Waals surface area contributed by atoms with E-state index in [-0.39, 0.29) is 12.1 Å². The van der Waals surface area contributed by atoms with Crippen LogP contribution in [0.1, 0.15) is 25.7 Å². The summed E-state index contributed by atoms with van der Waals surface area (Å²) < 4.78 is 0. The quantitative estimate of drug-likeness (QED) is 0.683. The third-order valence-electron chi connectivity index (χ3n) is 3.29. The monoisotopic (exact) mass is 198 g/mol. The Balaban J connectivity index is 1.94. The van der Waals surface area contributed by atoms with Crippen LogP contribution in [0.25, 0.3) is 0 Å². The van der Waals surface area contributed by atoms with Crippen molar-refractivity contribution in [2.75, 3.05) is 13.1 Å². The number of hydrogen-bond donors (Lipinski definition) is 2. The van der Waals surface area contributed by atoms with E-state index in [2.05, 4.69) is 4.90 Å². The highest BCUT2D eigenvalue weighted by molar-refractivity contribution is 5.74. The fourth-order valence-corrected chi connectivity index (χ4v) is 2.27. The van der Waals surface area contributed by atoms with Crippen LogP contribution in [0.4, 0.5) is 0 Å². The van der Waals surface area contributed by atoms with Crippen LogP contribution < -0.4 is 5.73 Å². The molecule has 0 aromatic rings. The van der Waals surface area contributed by atoms with E-state index >= 15 is 0 Å². The molecule has 1 unspecified atom stereocenters. The molecule has 3 N–H and O–H groups in total. The second kappa shape index (κ2) is 3.87. The van der Waals surface area contributed by atoms with E-state index in [1.54, 1.807) is 0 Å². The summed E-state index contributed by atoms with van der Waals surface area (Å²) in [6.07, 6.45) is 4.05. The van der Waals surface area contributed by atoms with Gasteiger partial charge in [0.15, 0.2) is 0 Å².